The third-order valence-electron chi connectivity index (χ3n) is 7.46. The lowest BCUT2D eigenvalue weighted by Gasteiger charge is -2.33. The van der Waals surface area contributed by atoms with Crippen molar-refractivity contribution in [3.05, 3.63) is 83.7 Å². The molecule has 1 aromatic heterocycles. The van der Waals surface area contributed by atoms with Crippen LogP contribution in [0.5, 0.6) is 11.5 Å². The number of halogens is 1. The molecule has 3 aromatic carbocycles. The second-order valence-corrected chi connectivity index (χ2v) is 10.0. The van der Waals surface area contributed by atoms with Crippen molar-refractivity contribution in [2.24, 2.45) is 5.92 Å². The molecule has 4 aromatic rings. The molecule has 6 rings (SSSR count). The minimum Gasteiger partial charge on any atom is -0.486 e. The predicted octanol–water partition coefficient (Wildman–Crippen LogP) is 5.09. The Morgan fingerprint density at radius 3 is 2.55 bits per heavy atom. The van der Waals surface area contributed by atoms with Crippen molar-refractivity contribution >= 4 is 22.9 Å². The summed E-state index contributed by atoms with van der Waals surface area (Å²) in [6, 6.07) is 20.4. The number of aromatic nitrogens is 2. The molecular weight excluding hydrogens is 483 g/mol. The third kappa shape index (κ3) is 4.90. The Kier molecular flexibility index (Phi) is 6.62. The Bertz CT molecular complexity index is 1440. The number of piperidine rings is 1. The SMILES string of the molecule is C[C@@H](NC(=O)C1CCN(c2nc3ccccc3n2Cc2ccc(F)cc2)CC1)c1ccc2c(c1)OCCO2. The number of rotatable bonds is 6. The molecule has 2 aliphatic rings. The number of ether oxygens (including phenoxy) is 2. The number of para-hydroxylation sites is 2. The van der Waals surface area contributed by atoms with Gasteiger partial charge in [-0.15, -0.1) is 0 Å². The van der Waals surface area contributed by atoms with Crippen molar-refractivity contribution in [2.75, 3.05) is 31.2 Å². The van der Waals surface area contributed by atoms with E-state index in [0.29, 0.717) is 19.8 Å². The van der Waals surface area contributed by atoms with E-state index in [1.54, 1.807) is 0 Å². The van der Waals surface area contributed by atoms with Gasteiger partial charge in [0.25, 0.3) is 0 Å². The highest BCUT2D eigenvalue weighted by Crippen LogP contribution is 2.33. The highest BCUT2D eigenvalue weighted by Gasteiger charge is 2.29. The second kappa shape index (κ2) is 10.4. The van der Waals surface area contributed by atoms with E-state index in [1.807, 2.05) is 55.5 Å². The number of nitrogens with one attached hydrogen (secondary N) is 1. The molecule has 7 nitrogen and oxygen atoms in total. The number of imidazole rings is 1. The van der Waals surface area contributed by atoms with Crippen molar-refractivity contribution in [2.45, 2.75) is 32.4 Å². The van der Waals surface area contributed by atoms with Crippen molar-refractivity contribution in [1.82, 2.24) is 14.9 Å². The molecule has 1 fully saturated rings. The second-order valence-electron chi connectivity index (χ2n) is 10.0. The van der Waals surface area contributed by atoms with Crippen LogP contribution in [0.4, 0.5) is 10.3 Å². The van der Waals surface area contributed by atoms with E-state index in [9.17, 15) is 9.18 Å². The van der Waals surface area contributed by atoms with Gasteiger partial charge >= 0.3 is 0 Å². The Labute approximate surface area is 221 Å². The molecule has 0 unspecified atom stereocenters. The normalized spacial score (nSPS) is 16.4. The molecule has 3 heterocycles. The van der Waals surface area contributed by atoms with Crippen molar-refractivity contribution < 1.29 is 18.7 Å². The molecule has 1 atom stereocenters. The summed E-state index contributed by atoms with van der Waals surface area (Å²) in [5, 5.41) is 3.19. The van der Waals surface area contributed by atoms with Crippen molar-refractivity contribution in [3.63, 3.8) is 0 Å². The number of nitrogens with zero attached hydrogens (tertiary/aromatic N) is 3. The highest BCUT2D eigenvalue weighted by molar-refractivity contribution is 5.80. The Morgan fingerprint density at radius 2 is 1.76 bits per heavy atom. The summed E-state index contributed by atoms with van der Waals surface area (Å²) in [7, 11) is 0. The van der Waals surface area contributed by atoms with Crippen LogP contribution in [0.1, 0.15) is 36.9 Å². The number of benzene rings is 3. The smallest absolute Gasteiger partial charge is 0.223 e. The van der Waals surface area contributed by atoms with Crippen LogP contribution in [0.15, 0.2) is 66.7 Å². The summed E-state index contributed by atoms with van der Waals surface area (Å²) in [5.41, 5.74) is 3.98. The fraction of sp³-hybridized carbons (Fsp3) is 0.333. The summed E-state index contributed by atoms with van der Waals surface area (Å²) in [6.45, 7) is 5.17. The molecule has 0 radical (unpaired) electrons. The van der Waals surface area contributed by atoms with Gasteiger partial charge in [-0.1, -0.05) is 30.3 Å². The van der Waals surface area contributed by atoms with Crippen LogP contribution >= 0.6 is 0 Å². The van der Waals surface area contributed by atoms with E-state index < -0.39 is 0 Å². The number of hydrogen-bond donors (Lipinski definition) is 1. The van der Waals surface area contributed by atoms with E-state index in [0.717, 1.165) is 65.5 Å². The van der Waals surface area contributed by atoms with Gasteiger partial charge in [0.15, 0.2) is 11.5 Å². The Hall–Kier alpha value is -4.07. The summed E-state index contributed by atoms with van der Waals surface area (Å²) in [5.74, 6) is 2.14. The maximum atomic E-state index is 13.5. The number of carbonyl (C=O) groups is 1. The number of fused-ring (bicyclic) bond motifs is 2. The van der Waals surface area contributed by atoms with Gasteiger partial charge in [-0.2, -0.15) is 0 Å². The van der Waals surface area contributed by atoms with Crippen molar-refractivity contribution in [3.8, 4) is 11.5 Å². The van der Waals surface area contributed by atoms with Gasteiger partial charge in [-0.05, 0) is 67.3 Å². The number of amides is 1. The standard InChI is InChI=1S/C30H31FN4O3/c1-20(23-8-11-27-28(18-23)38-17-16-37-27)32-29(36)22-12-14-34(15-13-22)30-33-25-4-2-3-5-26(25)35(30)19-21-6-9-24(31)10-7-21/h2-11,18,20,22H,12-17,19H2,1H3,(H,32,36)/t20-/m1/s1. The number of anilines is 1. The van der Waals surface area contributed by atoms with Gasteiger partial charge in [0.2, 0.25) is 11.9 Å². The average molecular weight is 515 g/mol. The third-order valence-corrected chi connectivity index (χ3v) is 7.46. The molecule has 196 valence electrons. The monoisotopic (exact) mass is 514 g/mol. The fourth-order valence-electron chi connectivity index (χ4n) is 5.32. The van der Waals surface area contributed by atoms with E-state index in [-0.39, 0.29) is 23.7 Å². The molecule has 1 saturated heterocycles. The maximum Gasteiger partial charge on any atom is 0.223 e. The molecule has 0 saturated carbocycles. The number of carbonyl (C=O) groups excluding carboxylic acids is 1. The first-order valence-electron chi connectivity index (χ1n) is 13.2. The Morgan fingerprint density at radius 1 is 1.03 bits per heavy atom. The minimum atomic E-state index is -0.242. The predicted molar refractivity (Wildman–Crippen MR) is 144 cm³/mol. The first kappa shape index (κ1) is 24.3. The van der Waals surface area contributed by atoms with Crippen LogP contribution in [-0.4, -0.2) is 41.8 Å². The molecule has 2 aliphatic heterocycles. The van der Waals surface area contributed by atoms with E-state index in [1.165, 1.54) is 12.1 Å². The van der Waals surface area contributed by atoms with Gasteiger partial charge in [0.05, 0.1) is 23.6 Å². The lowest BCUT2D eigenvalue weighted by atomic mass is 9.95. The highest BCUT2D eigenvalue weighted by atomic mass is 19.1. The lowest BCUT2D eigenvalue weighted by molar-refractivity contribution is -0.126. The number of hydrogen-bond acceptors (Lipinski definition) is 5. The largest absolute Gasteiger partial charge is 0.486 e. The zero-order valence-electron chi connectivity index (χ0n) is 21.4. The minimum absolute atomic E-state index is 0.0548. The molecule has 0 aliphatic carbocycles. The molecule has 0 bridgehead atoms. The van der Waals surface area contributed by atoms with Crippen LogP contribution < -0.4 is 19.7 Å². The quantitative estimate of drug-likeness (QED) is 0.388. The van der Waals surface area contributed by atoms with Crippen LogP contribution in [0, 0.1) is 11.7 Å². The molecule has 1 N–H and O–H groups in total. The topological polar surface area (TPSA) is 68.6 Å². The molecule has 0 spiro atoms. The van der Waals surface area contributed by atoms with Gasteiger partial charge in [0.1, 0.15) is 19.0 Å². The zero-order chi connectivity index (χ0) is 26.1. The molecule has 38 heavy (non-hydrogen) atoms. The van der Waals surface area contributed by atoms with Gasteiger partial charge in [-0.25, -0.2) is 9.37 Å². The average Bonchev–Trinajstić information content (AvgIpc) is 3.32. The summed E-state index contributed by atoms with van der Waals surface area (Å²) >= 11 is 0. The van der Waals surface area contributed by atoms with Gasteiger partial charge in [-0.3, -0.25) is 4.79 Å². The first-order chi connectivity index (χ1) is 18.5. The van der Waals surface area contributed by atoms with Crippen LogP contribution in [0.2, 0.25) is 0 Å². The zero-order valence-corrected chi connectivity index (χ0v) is 21.4. The van der Waals surface area contributed by atoms with Crippen LogP contribution in [0.3, 0.4) is 0 Å². The fourth-order valence-corrected chi connectivity index (χ4v) is 5.32. The molecular formula is C30H31FN4O3. The first-order valence-corrected chi connectivity index (χ1v) is 13.2. The molecule has 8 heteroatoms. The lowest BCUT2D eigenvalue weighted by Crippen LogP contribution is -2.42. The van der Waals surface area contributed by atoms with Crippen LogP contribution in [0.25, 0.3) is 11.0 Å². The summed E-state index contributed by atoms with van der Waals surface area (Å²) in [6.07, 6.45) is 1.50. The van der Waals surface area contributed by atoms with E-state index >= 15 is 0 Å². The van der Waals surface area contributed by atoms with Gasteiger partial charge < -0.3 is 24.3 Å². The summed E-state index contributed by atoms with van der Waals surface area (Å²) in [4.78, 5) is 20.4. The van der Waals surface area contributed by atoms with Crippen LogP contribution in [-0.2, 0) is 11.3 Å². The van der Waals surface area contributed by atoms with Gasteiger partial charge in [0, 0.05) is 19.0 Å². The van der Waals surface area contributed by atoms with E-state index in [2.05, 4.69) is 20.9 Å². The van der Waals surface area contributed by atoms with E-state index in [4.69, 9.17) is 14.5 Å². The molecule has 1 amide bonds. The Balaban J connectivity index is 1.13. The maximum absolute atomic E-state index is 13.5. The van der Waals surface area contributed by atoms with Crippen molar-refractivity contribution in [1.29, 1.82) is 0 Å². The summed E-state index contributed by atoms with van der Waals surface area (Å²) < 4.78 is 27.0.